The number of carbonyl (C=O) groups is 1. The Labute approximate surface area is 106 Å². The van der Waals surface area contributed by atoms with Crippen molar-refractivity contribution in [2.75, 3.05) is 11.5 Å². The number of aldehydes is 1. The standard InChI is InChI=1S/C13H15ClOS/c14-12-3-1-10(2-4-12)13(9-15)11-5-7-16-8-6-11/h1-4,9,11,13H,5-8H2. The van der Waals surface area contributed by atoms with Crippen molar-refractivity contribution in [3.05, 3.63) is 34.9 Å². The molecule has 1 aliphatic rings. The van der Waals surface area contributed by atoms with Crippen molar-refractivity contribution < 1.29 is 4.79 Å². The van der Waals surface area contributed by atoms with Gasteiger partial charge in [0.15, 0.2) is 0 Å². The van der Waals surface area contributed by atoms with E-state index in [9.17, 15) is 4.79 Å². The van der Waals surface area contributed by atoms with E-state index in [1.54, 1.807) is 0 Å². The second-order valence-corrected chi connectivity index (χ2v) is 5.82. The highest BCUT2D eigenvalue weighted by Gasteiger charge is 2.24. The molecule has 1 heterocycles. The van der Waals surface area contributed by atoms with Crippen molar-refractivity contribution in [1.82, 2.24) is 0 Å². The van der Waals surface area contributed by atoms with Gasteiger partial charge in [0.05, 0.1) is 0 Å². The van der Waals surface area contributed by atoms with Crippen LogP contribution in [0.4, 0.5) is 0 Å². The third-order valence-electron chi connectivity index (χ3n) is 3.18. The molecule has 0 saturated carbocycles. The predicted molar refractivity (Wildman–Crippen MR) is 70.3 cm³/mol. The van der Waals surface area contributed by atoms with Crippen LogP contribution in [0.3, 0.4) is 0 Å². The van der Waals surface area contributed by atoms with Crippen LogP contribution in [-0.4, -0.2) is 17.8 Å². The number of carbonyl (C=O) groups excluding carboxylic acids is 1. The van der Waals surface area contributed by atoms with E-state index >= 15 is 0 Å². The van der Waals surface area contributed by atoms with Gasteiger partial charge >= 0.3 is 0 Å². The summed E-state index contributed by atoms with van der Waals surface area (Å²) < 4.78 is 0. The maximum Gasteiger partial charge on any atom is 0.127 e. The van der Waals surface area contributed by atoms with Crippen LogP contribution in [0.5, 0.6) is 0 Å². The van der Waals surface area contributed by atoms with Gasteiger partial charge in [-0.15, -0.1) is 0 Å². The lowest BCUT2D eigenvalue weighted by Gasteiger charge is -2.26. The Morgan fingerprint density at radius 3 is 2.44 bits per heavy atom. The highest BCUT2D eigenvalue weighted by molar-refractivity contribution is 7.99. The molecule has 86 valence electrons. The molecule has 0 radical (unpaired) electrons. The quantitative estimate of drug-likeness (QED) is 0.764. The molecule has 1 unspecified atom stereocenters. The maximum atomic E-state index is 11.2. The molecule has 1 nitrogen and oxygen atoms in total. The van der Waals surface area contributed by atoms with Crippen molar-refractivity contribution in [1.29, 1.82) is 0 Å². The second-order valence-electron chi connectivity index (χ2n) is 4.16. The van der Waals surface area contributed by atoms with E-state index in [4.69, 9.17) is 11.6 Å². The van der Waals surface area contributed by atoms with Gasteiger partial charge in [-0.25, -0.2) is 0 Å². The third kappa shape index (κ3) is 2.80. The number of thioether (sulfide) groups is 1. The van der Waals surface area contributed by atoms with E-state index in [0.717, 1.165) is 29.7 Å². The van der Waals surface area contributed by atoms with Crippen LogP contribution >= 0.6 is 23.4 Å². The fourth-order valence-corrected chi connectivity index (χ4v) is 3.49. The maximum absolute atomic E-state index is 11.2. The number of benzene rings is 1. The Morgan fingerprint density at radius 1 is 1.25 bits per heavy atom. The Bertz CT molecular complexity index is 343. The largest absolute Gasteiger partial charge is 0.303 e. The lowest BCUT2D eigenvalue weighted by molar-refractivity contribution is -0.110. The summed E-state index contributed by atoms with van der Waals surface area (Å²) >= 11 is 7.84. The highest BCUT2D eigenvalue weighted by atomic mass is 35.5. The zero-order chi connectivity index (χ0) is 11.4. The molecular formula is C13H15ClOS. The van der Waals surface area contributed by atoms with Crippen LogP contribution in [0.15, 0.2) is 24.3 Å². The van der Waals surface area contributed by atoms with Gasteiger partial charge in [0, 0.05) is 10.9 Å². The van der Waals surface area contributed by atoms with Gasteiger partial charge in [-0.05, 0) is 48.0 Å². The molecular weight excluding hydrogens is 240 g/mol. The molecule has 1 saturated heterocycles. The zero-order valence-corrected chi connectivity index (χ0v) is 10.6. The van der Waals surface area contributed by atoms with Gasteiger partial charge in [-0.3, -0.25) is 0 Å². The van der Waals surface area contributed by atoms with Crippen LogP contribution in [0.1, 0.15) is 24.3 Å². The Morgan fingerprint density at radius 2 is 1.88 bits per heavy atom. The van der Waals surface area contributed by atoms with Gasteiger partial charge in [-0.2, -0.15) is 11.8 Å². The van der Waals surface area contributed by atoms with Crippen molar-refractivity contribution in [3.8, 4) is 0 Å². The van der Waals surface area contributed by atoms with Gasteiger partial charge in [0.25, 0.3) is 0 Å². The Balaban J connectivity index is 2.14. The SMILES string of the molecule is O=CC(c1ccc(Cl)cc1)C1CCSCC1. The lowest BCUT2D eigenvalue weighted by Crippen LogP contribution is -2.19. The predicted octanol–water partition coefficient (Wildman–Crippen LogP) is 3.77. The summed E-state index contributed by atoms with van der Waals surface area (Å²) in [6, 6.07) is 7.68. The smallest absolute Gasteiger partial charge is 0.127 e. The monoisotopic (exact) mass is 254 g/mol. The Kier molecular flexibility index (Phi) is 4.30. The van der Waals surface area contributed by atoms with Crippen molar-refractivity contribution in [3.63, 3.8) is 0 Å². The summed E-state index contributed by atoms with van der Waals surface area (Å²) in [5.41, 5.74) is 1.11. The molecule has 0 N–H and O–H groups in total. The summed E-state index contributed by atoms with van der Waals surface area (Å²) in [7, 11) is 0. The lowest BCUT2D eigenvalue weighted by atomic mass is 9.83. The first-order valence-electron chi connectivity index (χ1n) is 5.60. The molecule has 1 fully saturated rings. The summed E-state index contributed by atoms with van der Waals surface area (Å²) in [5.74, 6) is 2.93. The number of rotatable bonds is 3. The topological polar surface area (TPSA) is 17.1 Å². The van der Waals surface area contributed by atoms with Crippen LogP contribution in [0.2, 0.25) is 5.02 Å². The summed E-state index contributed by atoms with van der Waals surface area (Å²) in [6.45, 7) is 0. The Hall–Kier alpha value is -0.470. The molecule has 3 heteroatoms. The average molecular weight is 255 g/mol. The van der Waals surface area contributed by atoms with E-state index in [-0.39, 0.29) is 5.92 Å². The molecule has 1 atom stereocenters. The molecule has 2 rings (SSSR count). The van der Waals surface area contributed by atoms with Gasteiger partial charge in [0.2, 0.25) is 0 Å². The highest BCUT2D eigenvalue weighted by Crippen LogP contribution is 2.34. The van der Waals surface area contributed by atoms with Gasteiger partial charge < -0.3 is 4.79 Å². The first kappa shape index (κ1) is 12.0. The van der Waals surface area contributed by atoms with Crippen molar-refractivity contribution in [2.24, 2.45) is 5.92 Å². The van der Waals surface area contributed by atoms with Crippen molar-refractivity contribution in [2.45, 2.75) is 18.8 Å². The number of halogens is 1. The van der Waals surface area contributed by atoms with Gasteiger partial charge in [0.1, 0.15) is 6.29 Å². The normalized spacial score (nSPS) is 19.3. The van der Waals surface area contributed by atoms with E-state index in [0.29, 0.717) is 5.92 Å². The first-order chi connectivity index (χ1) is 7.81. The summed E-state index contributed by atoms with van der Waals surface area (Å²) in [6.07, 6.45) is 3.40. The van der Waals surface area contributed by atoms with E-state index < -0.39 is 0 Å². The molecule has 0 aliphatic carbocycles. The molecule has 0 amide bonds. The van der Waals surface area contributed by atoms with E-state index in [1.165, 1.54) is 11.5 Å². The molecule has 0 spiro atoms. The van der Waals surface area contributed by atoms with Crippen LogP contribution in [-0.2, 0) is 4.79 Å². The zero-order valence-electron chi connectivity index (χ0n) is 9.06. The molecule has 1 aromatic carbocycles. The molecule has 16 heavy (non-hydrogen) atoms. The molecule has 1 aliphatic heterocycles. The minimum absolute atomic E-state index is 0.0539. The average Bonchev–Trinajstić information content (AvgIpc) is 2.34. The van der Waals surface area contributed by atoms with Crippen LogP contribution < -0.4 is 0 Å². The summed E-state index contributed by atoms with van der Waals surface area (Å²) in [4.78, 5) is 11.2. The molecule has 1 aromatic rings. The molecule has 0 aromatic heterocycles. The van der Waals surface area contributed by atoms with Crippen LogP contribution in [0.25, 0.3) is 0 Å². The number of hydrogen-bond donors (Lipinski definition) is 0. The fraction of sp³-hybridized carbons (Fsp3) is 0.462. The third-order valence-corrected chi connectivity index (χ3v) is 4.48. The van der Waals surface area contributed by atoms with E-state index in [2.05, 4.69) is 0 Å². The van der Waals surface area contributed by atoms with Crippen molar-refractivity contribution >= 4 is 29.6 Å². The minimum Gasteiger partial charge on any atom is -0.303 e. The summed E-state index contributed by atoms with van der Waals surface area (Å²) in [5, 5.41) is 0.729. The van der Waals surface area contributed by atoms with Gasteiger partial charge in [-0.1, -0.05) is 23.7 Å². The van der Waals surface area contributed by atoms with Crippen LogP contribution in [0, 0.1) is 5.92 Å². The molecule has 0 bridgehead atoms. The van der Waals surface area contributed by atoms with E-state index in [1.807, 2.05) is 36.0 Å². The number of hydrogen-bond acceptors (Lipinski definition) is 2. The first-order valence-corrected chi connectivity index (χ1v) is 7.13. The minimum atomic E-state index is 0.0539. The fourth-order valence-electron chi connectivity index (χ4n) is 2.22. The second kappa shape index (κ2) is 5.74.